The lowest BCUT2D eigenvalue weighted by atomic mass is 9.72. The van der Waals surface area contributed by atoms with E-state index in [0.29, 0.717) is 0 Å². The van der Waals surface area contributed by atoms with Crippen molar-refractivity contribution in [1.29, 1.82) is 0 Å². The molecule has 1 fully saturated rings. The summed E-state index contributed by atoms with van der Waals surface area (Å²) in [5.74, 6) is -1.83. The first-order chi connectivity index (χ1) is 7.63. The summed E-state index contributed by atoms with van der Waals surface area (Å²) in [5.41, 5.74) is -2.91. The van der Waals surface area contributed by atoms with Crippen molar-refractivity contribution < 1.29 is 23.1 Å². The molecule has 1 saturated heterocycles. The van der Waals surface area contributed by atoms with Gasteiger partial charge in [0.15, 0.2) is 0 Å². The Hall–Kier alpha value is -0.780. The van der Waals surface area contributed by atoms with Crippen LogP contribution in [0.25, 0.3) is 0 Å². The van der Waals surface area contributed by atoms with Gasteiger partial charge in [0.05, 0.1) is 0 Å². The van der Waals surface area contributed by atoms with Crippen LogP contribution < -0.4 is 0 Å². The van der Waals surface area contributed by atoms with Gasteiger partial charge >= 0.3 is 12.1 Å². The van der Waals surface area contributed by atoms with Crippen LogP contribution in [-0.4, -0.2) is 40.8 Å². The first kappa shape index (κ1) is 14.3. The summed E-state index contributed by atoms with van der Waals surface area (Å²) in [5, 5.41) is 8.86. The minimum absolute atomic E-state index is 0.151. The van der Waals surface area contributed by atoms with Crippen LogP contribution in [0.2, 0.25) is 0 Å². The van der Waals surface area contributed by atoms with Gasteiger partial charge in [-0.1, -0.05) is 13.8 Å². The van der Waals surface area contributed by atoms with E-state index in [9.17, 15) is 18.0 Å². The van der Waals surface area contributed by atoms with Gasteiger partial charge in [0.25, 0.3) is 0 Å². The molecular weight excluding hydrogens is 235 g/mol. The summed E-state index contributed by atoms with van der Waals surface area (Å²) in [4.78, 5) is 11.9. The van der Waals surface area contributed by atoms with Crippen LogP contribution in [0, 0.1) is 5.41 Å². The number of carboxylic acids is 1. The van der Waals surface area contributed by atoms with Crippen molar-refractivity contribution in [3.8, 4) is 0 Å². The quantitative estimate of drug-likeness (QED) is 0.837. The Labute approximate surface area is 98.6 Å². The first-order valence-corrected chi connectivity index (χ1v) is 5.68. The van der Waals surface area contributed by atoms with Crippen molar-refractivity contribution in [2.75, 3.05) is 13.1 Å². The zero-order valence-corrected chi connectivity index (χ0v) is 10.3. The fourth-order valence-corrected chi connectivity index (χ4v) is 2.21. The van der Waals surface area contributed by atoms with E-state index in [1.807, 2.05) is 13.8 Å². The SMILES string of the molecule is CCC1(CC)CN(C(C)(C(=O)O)C(F)(F)F)C1. The Morgan fingerprint density at radius 3 is 1.94 bits per heavy atom. The van der Waals surface area contributed by atoms with Gasteiger partial charge in [0.1, 0.15) is 0 Å². The second-order valence-electron chi connectivity index (χ2n) is 4.94. The fourth-order valence-electron chi connectivity index (χ4n) is 2.21. The van der Waals surface area contributed by atoms with Crippen molar-refractivity contribution in [3.05, 3.63) is 0 Å². The van der Waals surface area contributed by atoms with E-state index in [2.05, 4.69) is 0 Å². The Balaban J connectivity index is 2.89. The maximum atomic E-state index is 12.9. The van der Waals surface area contributed by atoms with Crippen molar-refractivity contribution in [3.63, 3.8) is 0 Å². The lowest BCUT2D eigenvalue weighted by molar-refractivity contribution is -0.255. The minimum Gasteiger partial charge on any atom is -0.480 e. The molecule has 0 bridgehead atoms. The van der Waals surface area contributed by atoms with E-state index in [1.54, 1.807) is 0 Å². The van der Waals surface area contributed by atoms with Gasteiger partial charge in [0.2, 0.25) is 5.54 Å². The van der Waals surface area contributed by atoms with Crippen molar-refractivity contribution in [1.82, 2.24) is 4.90 Å². The van der Waals surface area contributed by atoms with E-state index in [4.69, 9.17) is 5.11 Å². The highest BCUT2D eigenvalue weighted by Gasteiger charge is 2.65. The molecule has 1 aliphatic rings. The average Bonchev–Trinajstić information content (AvgIpc) is 2.15. The molecule has 100 valence electrons. The molecule has 0 radical (unpaired) electrons. The first-order valence-electron chi connectivity index (χ1n) is 5.68. The van der Waals surface area contributed by atoms with Gasteiger partial charge in [-0.25, -0.2) is 4.79 Å². The molecule has 0 spiro atoms. The third-order valence-electron chi connectivity index (χ3n) is 4.15. The maximum absolute atomic E-state index is 12.9. The van der Waals surface area contributed by atoms with Gasteiger partial charge in [-0.3, -0.25) is 4.90 Å². The number of nitrogens with zero attached hydrogens (tertiary/aromatic N) is 1. The lowest BCUT2D eigenvalue weighted by Crippen LogP contribution is -2.71. The molecule has 6 heteroatoms. The number of alkyl halides is 3. The molecule has 0 aromatic rings. The van der Waals surface area contributed by atoms with E-state index < -0.39 is 17.7 Å². The number of likely N-dealkylation sites (tertiary alicyclic amines) is 1. The zero-order valence-electron chi connectivity index (χ0n) is 10.3. The number of hydrogen-bond acceptors (Lipinski definition) is 2. The number of halogens is 3. The zero-order chi connectivity index (χ0) is 13.5. The van der Waals surface area contributed by atoms with Crippen LogP contribution in [0.15, 0.2) is 0 Å². The molecule has 1 aliphatic heterocycles. The summed E-state index contributed by atoms with van der Waals surface area (Å²) >= 11 is 0. The van der Waals surface area contributed by atoms with E-state index >= 15 is 0 Å². The molecule has 0 aliphatic carbocycles. The molecule has 3 nitrogen and oxygen atoms in total. The van der Waals surface area contributed by atoms with Gasteiger partial charge in [-0.05, 0) is 25.2 Å². The topological polar surface area (TPSA) is 40.5 Å². The van der Waals surface area contributed by atoms with Crippen molar-refractivity contribution in [2.45, 2.75) is 45.3 Å². The summed E-state index contributed by atoms with van der Waals surface area (Å²) in [7, 11) is 0. The molecule has 1 N–H and O–H groups in total. The highest BCUT2D eigenvalue weighted by Crippen LogP contribution is 2.46. The Kier molecular flexibility index (Phi) is 3.49. The van der Waals surface area contributed by atoms with Gasteiger partial charge in [0, 0.05) is 13.1 Å². The van der Waals surface area contributed by atoms with Gasteiger partial charge < -0.3 is 5.11 Å². The summed E-state index contributed by atoms with van der Waals surface area (Å²) < 4.78 is 38.6. The summed E-state index contributed by atoms with van der Waals surface area (Å²) in [6, 6.07) is 0. The molecule has 0 aromatic carbocycles. The number of rotatable bonds is 4. The predicted octanol–water partition coefficient (Wildman–Crippen LogP) is 2.51. The number of carboxylic acid groups (broad SMARTS) is 1. The molecule has 0 amide bonds. The van der Waals surface area contributed by atoms with E-state index in [1.165, 1.54) is 0 Å². The Bertz CT molecular complexity index is 304. The molecule has 1 unspecified atom stereocenters. The van der Waals surface area contributed by atoms with Crippen LogP contribution in [0.5, 0.6) is 0 Å². The van der Waals surface area contributed by atoms with Crippen LogP contribution in [-0.2, 0) is 4.79 Å². The molecule has 1 rings (SSSR count). The second-order valence-corrected chi connectivity index (χ2v) is 4.94. The normalized spacial score (nSPS) is 23.9. The Morgan fingerprint density at radius 2 is 1.71 bits per heavy atom. The molecule has 1 heterocycles. The van der Waals surface area contributed by atoms with Crippen molar-refractivity contribution in [2.24, 2.45) is 5.41 Å². The smallest absolute Gasteiger partial charge is 0.417 e. The van der Waals surface area contributed by atoms with Gasteiger partial charge in [-0.15, -0.1) is 0 Å². The number of carbonyl (C=O) groups is 1. The molecule has 17 heavy (non-hydrogen) atoms. The highest BCUT2D eigenvalue weighted by molar-refractivity contribution is 5.79. The molecule has 0 saturated carbocycles. The summed E-state index contributed by atoms with van der Waals surface area (Å²) in [6.45, 7) is 4.98. The third kappa shape index (κ3) is 2.03. The van der Waals surface area contributed by atoms with E-state index in [-0.39, 0.29) is 18.5 Å². The highest BCUT2D eigenvalue weighted by atomic mass is 19.4. The minimum atomic E-state index is -4.76. The largest absolute Gasteiger partial charge is 0.480 e. The van der Waals surface area contributed by atoms with Crippen molar-refractivity contribution >= 4 is 5.97 Å². The van der Waals surface area contributed by atoms with Gasteiger partial charge in [-0.2, -0.15) is 13.2 Å². The number of hydrogen-bond donors (Lipinski definition) is 1. The predicted molar refractivity (Wildman–Crippen MR) is 56.7 cm³/mol. The standard InChI is InChI=1S/C11H18F3NO2/c1-4-10(5-2)6-15(7-10)9(3,8(16)17)11(12,13)14/h4-7H2,1-3H3,(H,16,17). The second kappa shape index (κ2) is 4.15. The molecular formula is C11H18F3NO2. The lowest BCUT2D eigenvalue weighted by Gasteiger charge is -2.55. The number of aliphatic carboxylic acids is 1. The van der Waals surface area contributed by atoms with Crippen LogP contribution in [0.3, 0.4) is 0 Å². The van der Waals surface area contributed by atoms with Crippen LogP contribution in [0.4, 0.5) is 13.2 Å². The fraction of sp³-hybridized carbons (Fsp3) is 0.909. The monoisotopic (exact) mass is 253 g/mol. The molecule has 1 atom stereocenters. The van der Waals surface area contributed by atoms with Crippen LogP contribution in [0.1, 0.15) is 33.6 Å². The van der Waals surface area contributed by atoms with E-state index in [0.717, 1.165) is 24.7 Å². The third-order valence-corrected chi connectivity index (χ3v) is 4.15. The molecule has 0 aromatic heterocycles. The maximum Gasteiger partial charge on any atom is 0.417 e. The van der Waals surface area contributed by atoms with Crippen LogP contribution >= 0.6 is 0 Å². The average molecular weight is 253 g/mol. The summed E-state index contributed by atoms with van der Waals surface area (Å²) in [6.07, 6.45) is -3.21. The Morgan fingerprint density at radius 1 is 1.29 bits per heavy atom.